The fourth-order valence-corrected chi connectivity index (χ4v) is 7.07. The number of rotatable bonds is 8. The Kier molecular flexibility index (Phi) is 6.08. The topological polar surface area (TPSA) is 74.3 Å². The van der Waals surface area contributed by atoms with Crippen LogP contribution in [-0.4, -0.2) is 47.9 Å². The number of carbonyl (C=O) groups is 2. The number of likely N-dealkylation sites (tertiary alicyclic amines) is 1. The van der Waals surface area contributed by atoms with Gasteiger partial charge in [-0.05, 0) is 116 Å². The van der Waals surface area contributed by atoms with Gasteiger partial charge in [0.25, 0.3) is 0 Å². The average Bonchev–Trinajstić information content (AvgIpc) is 3.12. The van der Waals surface area contributed by atoms with Gasteiger partial charge in [-0.25, -0.2) is 4.98 Å². The lowest BCUT2D eigenvalue weighted by atomic mass is 9.78. The second-order valence-electron chi connectivity index (χ2n) is 9.98. The minimum absolute atomic E-state index is 0.00298. The number of unbranched alkanes of at least 4 members (excludes halogenated alkanes) is 1. The van der Waals surface area contributed by atoms with Crippen molar-refractivity contribution in [2.75, 3.05) is 31.5 Å². The quantitative estimate of drug-likeness (QED) is 0.430. The highest BCUT2D eigenvalue weighted by Crippen LogP contribution is 2.74. The number of nitrogens with zero attached hydrogens (tertiary/aromatic N) is 2. The lowest BCUT2D eigenvalue weighted by Gasteiger charge is -2.29. The van der Waals surface area contributed by atoms with Gasteiger partial charge >= 0.3 is 0 Å². The SMILES string of the molecule is O=C(NCCCCN1CCCC1)[C@H]1[C@H](C(=O)Nc2ccc(Br)nc2)[C@@H]2CC[C@H]1C21CC1. The molecular formula is C24H33BrN4O2. The average molecular weight is 489 g/mol. The van der Waals surface area contributed by atoms with Crippen LogP contribution in [0.3, 0.4) is 0 Å². The zero-order valence-corrected chi connectivity index (χ0v) is 19.7. The zero-order chi connectivity index (χ0) is 21.4. The fourth-order valence-electron chi connectivity index (χ4n) is 6.83. The van der Waals surface area contributed by atoms with Crippen molar-refractivity contribution >= 4 is 33.4 Å². The molecule has 1 aromatic rings. The molecule has 3 aliphatic carbocycles. The number of anilines is 1. The monoisotopic (exact) mass is 488 g/mol. The van der Waals surface area contributed by atoms with Gasteiger partial charge in [0.15, 0.2) is 0 Å². The Morgan fingerprint density at radius 3 is 2.42 bits per heavy atom. The van der Waals surface area contributed by atoms with Gasteiger partial charge in [-0.1, -0.05) is 0 Å². The zero-order valence-electron chi connectivity index (χ0n) is 18.1. The molecule has 4 atom stereocenters. The van der Waals surface area contributed by atoms with Gasteiger partial charge < -0.3 is 15.5 Å². The Balaban J connectivity index is 1.20. The van der Waals surface area contributed by atoms with Gasteiger partial charge in [-0.3, -0.25) is 9.59 Å². The van der Waals surface area contributed by atoms with Crippen molar-refractivity contribution in [2.24, 2.45) is 29.1 Å². The van der Waals surface area contributed by atoms with Crippen LogP contribution in [0.25, 0.3) is 0 Å². The molecule has 2 heterocycles. The number of halogens is 1. The molecule has 1 aromatic heterocycles. The first-order chi connectivity index (χ1) is 15.1. The number of hydrogen-bond acceptors (Lipinski definition) is 4. The summed E-state index contributed by atoms with van der Waals surface area (Å²) in [4.78, 5) is 33.3. The number of aromatic nitrogens is 1. The Bertz CT molecular complexity index is 819. The fraction of sp³-hybridized carbons (Fsp3) is 0.708. The van der Waals surface area contributed by atoms with E-state index in [2.05, 4.69) is 36.4 Å². The first-order valence-corrected chi connectivity index (χ1v) is 12.8. The predicted octanol–water partition coefficient (Wildman–Crippen LogP) is 3.83. The Morgan fingerprint density at radius 1 is 1.06 bits per heavy atom. The highest BCUT2D eigenvalue weighted by molar-refractivity contribution is 9.10. The van der Waals surface area contributed by atoms with Gasteiger partial charge in [-0.15, -0.1) is 0 Å². The highest BCUT2D eigenvalue weighted by atomic mass is 79.9. The van der Waals surface area contributed by atoms with Gasteiger partial charge in [0, 0.05) is 6.54 Å². The van der Waals surface area contributed by atoms with E-state index in [0.717, 1.165) is 43.4 Å². The molecule has 0 unspecified atom stereocenters. The third-order valence-corrected chi connectivity index (χ3v) is 8.82. The number of nitrogens with one attached hydrogen (secondary N) is 2. The summed E-state index contributed by atoms with van der Waals surface area (Å²) >= 11 is 3.33. The first-order valence-electron chi connectivity index (χ1n) is 12.0. The van der Waals surface area contributed by atoms with Crippen LogP contribution in [0.1, 0.15) is 51.4 Å². The van der Waals surface area contributed by atoms with Crippen LogP contribution < -0.4 is 10.6 Å². The van der Waals surface area contributed by atoms with Crippen LogP contribution in [0.5, 0.6) is 0 Å². The minimum atomic E-state index is -0.213. The summed E-state index contributed by atoms with van der Waals surface area (Å²) in [5.41, 5.74) is 0.958. The standard InChI is InChI=1S/C24H33BrN4O2/c25-19-8-5-16(15-27-19)28-23(31)21-18-7-6-17(24(18)9-10-24)20(21)22(30)26-11-1-2-12-29-13-3-4-14-29/h5,8,15,17-18,20-21H,1-4,6-7,9-14H2,(H,26,30)(H,28,31)/t17-,18+,20-,21-/m1/s1. The van der Waals surface area contributed by atoms with E-state index in [4.69, 9.17) is 0 Å². The van der Waals surface area contributed by atoms with E-state index in [-0.39, 0.29) is 29.1 Å². The second kappa shape index (κ2) is 8.81. The molecule has 3 saturated carbocycles. The highest BCUT2D eigenvalue weighted by Gasteiger charge is 2.71. The summed E-state index contributed by atoms with van der Waals surface area (Å²) < 4.78 is 0.740. The van der Waals surface area contributed by atoms with Crippen molar-refractivity contribution < 1.29 is 9.59 Å². The summed E-state index contributed by atoms with van der Waals surface area (Å²) in [6, 6.07) is 3.68. The van der Waals surface area contributed by atoms with Crippen molar-refractivity contribution in [1.29, 1.82) is 0 Å². The van der Waals surface area contributed by atoms with E-state index in [9.17, 15) is 9.59 Å². The molecule has 2 bridgehead atoms. The summed E-state index contributed by atoms with van der Waals surface area (Å²) in [6.45, 7) is 4.31. The van der Waals surface area contributed by atoms with Crippen molar-refractivity contribution in [3.05, 3.63) is 22.9 Å². The molecule has 2 N–H and O–H groups in total. The predicted molar refractivity (Wildman–Crippen MR) is 123 cm³/mol. The lowest BCUT2D eigenvalue weighted by Crippen LogP contribution is -2.43. The van der Waals surface area contributed by atoms with Crippen LogP contribution in [0.4, 0.5) is 5.69 Å². The summed E-state index contributed by atoms with van der Waals surface area (Å²) in [5.74, 6) is 0.441. The molecule has 6 nitrogen and oxygen atoms in total. The van der Waals surface area contributed by atoms with Crippen LogP contribution >= 0.6 is 15.9 Å². The molecule has 0 radical (unpaired) electrons. The third-order valence-electron chi connectivity index (χ3n) is 8.35. The number of carbonyl (C=O) groups excluding carboxylic acids is 2. The third kappa shape index (κ3) is 4.15. The first kappa shape index (κ1) is 21.4. The van der Waals surface area contributed by atoms with Crippen LogP contribution in [-0.2, 0) is 9.59 Å². The minimum Gasteiger partial charge on any atom is -0.356 e. The number of hydrogen-bond donors (Lipinski definition) is 2. The van der Waals surface area contributed by atoms with Gasteiger partial charge in [0.05, 0.1) is 23.7 Å². The summed E-state index contributed by atoms with van der Waals surface area (Å²) in [7, 11) is 0. The van der Waals surface area contributed by atoms with Gasteiger partial charge in [-0.2, -0.15) is 0 Å². The molecule has 168 valence electrons. The van der Waals surface area contributed by atoms with Crippen LogP contribution in [0.15, 0.2) is 22.9 Å². The van der Waals surface area contributed by atoms with Crippen molar-refractivity contribution in [3.8, 4) is 0 Å². The van der Waals surface area contributed by atoms with E-state index in [1.807, 2.05) is 12.1 Å². The largest absolute Gasteiger partial charge is 0.356 e. The molecule has 0 aromatic carbocycles. The molecule has 1 saturated heterocycles. The van der Waals surface area contributed by atoms with Crippen molar-refractivity contribution in [3.63, 3.8) is 0 Å². The Morgan fingerprint density at radius 2 is 1.77 bits per heavy atom. The van der Waals surface area contributed by atoms with Crippen molar-refractivity contribution in [2.45, 2.75) is 51.4 Å². The van der Waals surface area contributed by atoms with E-state index in [0.29, 0.717) is 17.5 Å². The van der Waals surface area contributed by atoms with E-state index < -0.39 is 0 Å². The summed E-state index contributed by atoms with van der Waals surface area (Å²) in [6.07, 6.45) is 11.0. The maximum Gasteiger partial charge on any atom is 0.228 e. The number of amides is 2. The van der Waals surface area contributed by atoms with Crippen LogP contribution in [0, 0.1) is 29.1 Å². The normalized spacial score (nSPS) is 30.6. The molecule has 1 spiro atoms. The second-order valence-corrected chi connectivity index (χ2v) is 10.8. The molecule has 31 heavy (non-hydrogen) atoms. The van der Waals surface area contributed by atoms with Crippen molar-refractivity contribution in [1.82, 2.24) is 15.2 Å². The van der Waals surface area contributed by atoms with Gasteiger partial charge in [0.1, 0.15) is 4.60 Å². The lowest BCUT2D eigenvalue weighted by molar-refractivity contribution is -0.134. The molecule has 4 aliphatic rings. The molecule has 5 rings (SSSR count). The Hall–Kier alpha value is -1.47. The molecule has 7 heteroatoms. The van der Waals surface area contributed by atoms with Gasteiger partial charge in [0.2, 0.25) is 11.8 Å². The smallest absolute Gasteiger partial charge is 0.228 e. The Labute approximate surface area is 193 Å². The van der Waals surface area contributed by atoms with E-state index in [1.54, 1.807) is 6.20 Å². The molecule has 2 amide bonds. The van der Waals surface area contributed by atoms with E-state index in [1.165, 1.54) is 38.8 Å². The van der Waals surface area contributed by atoms with E-state index >= 15 is 0 Å². The van der Waals surface area contributed by atoms with Crippen LogP contribution in [0.2, 0.25) is 0 Å². The maximum atomic E-state index is 13.3. The number of pyridine rings is 1. The maximum absolute atomic E-state index is 13.3. The molecular weight excluding hydrogens is 456 g/mol. The molecule has 1 aliphatic heterocycles. The summed E-state index contributed by atoms with van der Waals surface area (Å²) in [5, 5.41) is 6.25. The molecule has 4 fully saturated rings.